The summed E-state index contributed by atoms with van der Waals surface area (Å²) >= 11 is 0. The van der Waals surface area contributed by atoms with E-state index in [0.717, 1.165) is 32.6 Å². The molecule has 0 saturated carbocycles. The van der Waals surface area contributed by atoms with E-state index < -0.39 is 0 Å². The third-order valence-electron chi connectivity index (χ3n) is 4.89. The number of hydrogen-bond donors (Lipinski definition) is 0. The molecule has 2 heterocycles. The molecule has 0 aromatic heterocycles. The minimum Gasteiger partial charge on any atom is -0.341 e. The largest absolute Gasteiger partial charge is 0.341 e. The molecule has 2 saturated heterocycles. The number of nitrogens with zero attached hydrogens (tertiary/aromatic N) is 3. The maximum Gasteiger partial charge on any atom is 0.229 e. The highest BCUT2D eigenvalue weighted by Crippen LogP contribution is 2.13. The van der Waals surface area contributed by atoms with E-state index in [1.807, 2.05) is 23.1 Å². The van der Waals surface area contributed by atoms with Gasteiger partial charge < -0.3 is 4.90 Å². The number of amides is 3. The van der Waals surface area contributed by atoms with E-state index in [1.165, 1.54) is 10.5 Å². The van der Waals surface area contributed by atoms with E-state index in [9.17, 15) is 14.4 Å². The Morgan fingerprint density at radius 2 is 1.64 bits per heavy atom. The summed E-state index contributed by atoms with van der Waals surface area (Å²) in [7, 11) is 0. The lowest BCUT2D eigenvalue weighted by atomic mass is 10.2. The molecule has 0 N–H and O–H groups in total. The van der Waals surface area contributed by atoms with Crippen molar-refractivity contribution < 1.29 is 14.4 Å². The van der Waals surface area contributed by atoms with Crippen molar-refractivity contribution in [2.24, 2.45) is 0 Å². The van der Waals surface area contributed by atoms with E-state index in [-0.39, 0.29) is 43.5 Å². The monoisotopic (exact) mass is 343 g/mol. The summed E-state index contributed by atoms with van der Waals surface area (Å²) in [5.74, 6) is -0.264. The molecular formula is C19H25N3O3. The van der Waals surface area contributed by atoms with Crippen LogP contribution in [0.3, 0.4) is 0 Å². The summed E-state index contributed by atoms with van der Waals surface area (Å²) in [6, 6.07) is 10.4. The maximum absolute atomic E-state index is 12.4. The van der Waals surface area contributed by atoms with Crippen molar-refractivity contribution in [3.8, 4) is 0 Å². The highest BCUT2D eigenvalue weighted by molar-refractivity contribution is 6.02. The highest BCUT2D eigenvalue weighted by atomic mass is 16.2. The SMILES string of the molecule is O=C(CCN1C(=O)CCC1=O)N1CCCN(Cc2ccccc2)CC1. The molecule has 3 rings (SSSR count). The van der Waals surface area contributed by atoms with Crippen molar-refractivity contribution in [1.29, 1.82) is 0 Å². The molecular weight excluding hydrogens is 318 g/mol. The number of carbonyl (C=O) groups excluding carboxylic acids is 3. The average molecular weight is 343 g/mol. The second-order valence-electron chi connectivity index (χ2n) is 6.69. The number of hydrogen-bond acceptors (Lipinski definition) is 4. The molecule has 3 amide bonds. The van der Waals surface area contributed by atoms with Crippen LogP contribution in [-0.4, -0.2) is 65.1 Å². The lowest BCUT2D eigenvalue weighted by molar-refractivity contribution is -0.139. The van der Waals surface area contributed by atoms with Crippen LogP contribution in [0.25, 0.3) is 0 Å². The first-order valence-corrected chi connectivity index (χ1v) is 9.01. The van der Waals surface area contributed by atoms with Crippen LogP contribution in [0.4, 0.5) is 0 Å². The summed E-state index contributed by atoms with van der Waals surface area (Å²) in [6.45, 7) is 4.39. The van der Waals surface area contributed by atoms with Gasteiger partial charge in [-0.1, -0.05) is 30.3 Å². The fourth-order valence-electron chi connectivity index (χ4n) is 3.46. The molecule has 0 radical (unpaired) electrons. The Kier molecular flexibility index (Phi) is 5.81. The topological polar surface area (TPSA) is 60.9 Å². The van der Waals surface area contributed by atoms with E-state index in [4.69, 9.17) is 0 Å². The van der Waals surface area contributed by atoms with Crippen LogP contribution in [0.5, 0.6) is 0 Å². The predicted molar refractivity (Wildman–Crippen MR) is 93.5 cm³/mol. The first-order valence-electron chi connectivity index (χ1n) is 9.01. The predicted octanol–water partition coefficient (Wildman–Crippen LogP) is 1.26. The molecule has 0 aliphatic carbocycles. The maximum atomic E-state index is 12.4. The van der Waals surface area contributed by atoms with Crippen LogP contribution in [0, 0.1) is 0 Å². The minimum atomic E-state index is -0.150. The standard InChI is InChI=1S/C19H25N3O3/c23-17(9-12-22-18(24)7-8-19(22)25)21-11-4-10-20(13-14-21)15-16-5-2-1-3-6-16/h1-3,5-6H,4,7-15H2. The van der Waals surface area contributed by atoms with Crippen LogP contribution in [0.2, 0.25) is 0 Å². The lowest BCUT2D eigenvalue weighted by Gasteiger charge is -2.23. The summed E-state index contributed by atoms with van der Waals surface area (Å²) in [5, 5.41) is 0. The van der Waals surface area contributed by atoms with Crippen molar-refractivity contribution in [1.82, 2.24) is 14.7 Å². The second kappa shape index (κ2) is 8.25. The molecule has 0 atom stereocenters. The Balaban J connectivity index is 1.46. The first-order chi connectivity index (χ1) is 12.1. The van der Waals surface area contributed by atoms with Crippen molar-refractivity contribution >= 4 is 17.7 Å². The molecule has 2 aliphatic rings. The van der Waals surface area contributed by atoms with E-state index in [1.54, 1.807) is 0 Å². The van der Waals surface area contributed by atoms with Gasteiger partial charge in [0.1, 0.15) is 0 Å². The fraction of sp³-hybridized carbons (Fsp3) is 0.526. The van der Waals surface area contributed by atoms with Crippen LogP contribution >= 0.6 is 0 Å². The smallest absolute Gasteiger partial charge is 0.229 e. The lowest BCUT2D eigenvalue weighted by Crippen LogP contribution is -2.38. The Morgan fingerprint density at radius 1 is 0.920 bits per heavy atom. The van der Waals surface area contributed by atoms with E-state index in [0.29, 0.717) is 6.54 Å². The van der Waals surface area contributed by atoms with Gasteiger partial charge in [-0.05, 0) is 12.0 Å². The number of benzene rings is 1. The molecule has 1 aromatic carbocycles. The molecule has 25 heavy (non-hydrogen) atoms. The highest BCUT2D eigenvalue weighted by Gasteiger charge is 2.29. The number of imide groups is 1. The summed E-state index contributed by atoms with van der Waals surface area (Å²) in [5.41, 5.74) is 1.29. The van der Waals surface area contributed by atoms with Gasteiger partial charge in [-0.2, -0.15) is 0 Å². The normalized spacial score (nSPS) is 19.4. The molecule has 2 aliphatic heterocycles. The van der Waals surface area contributed by atoms with Gasteiger partial charge >= 0.3 is 0 Å². The van der Waals surface area contributed by atoms with E-state index >= 15 is 0 Å². The van der Waals surface area contributed by atoms with Gasteiger partial charge in [-0.25, -0.2) is 0 Å². The van der Waals surface area contributed by atoms with Gasteiger partial charge in [-0.3, -0.25) is 24.2 Å². The van der Waals surface area contributed by atoms with Crippen molar-refractivity contribution in [2.75, 3.05) is 32.7 Å². The third kappa shape index (κ3) is 4.66. The Morgan fingerprint density at radius 3 is 2.36 bits per heavy atom. The zero-order chi connectivity index (χ0) is 17.6. The fourth-order valence-corrected chi connectivity index (χ4v) is 3.46. The Bertz CT molecular complexity index is 616. The summed E-state index contributed by atoms with van der Waals surface area (Å²) < 4.78 is 0. The zero-order valence-corrected chi connectivity index (χ0v) is 14.5. The molecule has 0 bridgehead atoms. The first kappa shape index (κ1) is 17.6. The number of likely N-dealkylation sites (tertiary alicyclic amines) is 1. The zero-order valence-electron chi connectivity index (χ0n) is 14.5. The van der Waals surface area contributed by atoms with Gasteiger partial charge in [-0.15, -0.1) is 0 Å². The number of rotatable bonds is 5. The van der Waals surface area contributed by atoms with Crippen LogP contribution in [0.15, 0.2) is 30.3 Å². The Labute approximate surface area is 148 Å². The minimum absolute atomic E-state index is 0.0362. The van der Waals surface area contributed by atoms with Gasteiger partial charge in [0.15, 0.2) is 0 Å². The van der Waals surface area contributed by atoms with Crippen molar-refractivity contribution in [3.05, 3.63) is 35.9 Å². The third-order valence-corrected chi connectivity index (χ3v) is 4.89. The summed E-state index contributed by atoms with van der Waals surface area (Å²) in [6.07, 6.45) is 1.74. The molecule has 6 nitrogen and oxygen atoms in total. The molecule has 2 fully saturated rings. The molecule has 1 aromatic rings. The van der Waals surface area contributed by atoms with Crippen LogP contribution in [0.1, 0.15) is 31.2 Å². The van der Waals surface area contributed by atoms with Gasteiger partial charge in [0.25, 0.3) is 0 Å². The van der Waals surface area contributed by atoms with E-state index in [2.05, 4.69) is 17.0 Å². The van der Waals surface area contributed by atoms with Gasteiger partial charge in [0, 0.05) is 58.5 Å². The molecule has 0 unspecified atom stereocenters. The average Bonchev–Trinajstić information content (AvgIpc) is 2.81. The van der Waals surface area contributed by atoms with Crippen molar-refractivity contribution in [2.45, 2.75) is 32.2 Å². The molecule has 6 heteroatoms. The van der Waals surface area contributed by atoms with Crippen molar-refractivity contribution in [3.63, 3.8) is 0 Å². The molecule has 0 spiro atoms. The number of carbonyl (C=O) groups is 3. The van der Waals surface area contributed by atoms with Gasteiger partial charge in [0.2, 0.25) is 17.7 Å². The Hall–Kier alpha value is -2.21. The van der Waals surface area contributed by atoms with Crippen LogP contribution < -0.4 is 0 Å². The quantitative estimate of drug-likeness (QED) is 0.755. The summed E-state index contributed by atoms with van der Waals surface area (Å²) in [4.78, 5) is 41.2. The molecule has 134 valence electrons. The van der Waals surface area contributed by atoms with Crippen LogP contribution in [-0.2, 0) is 20.9 Å². The second-order valence-corrected chi connectivity index (χ2v) is 6.69. The van der Waals surface area contributed by atoms with Gasteiger partial charge in [0.05, 0.1) is 0 Å².